The molecule has 0 amide bonds. The first-order chi connectivity index (χ1) is 8.84. The first kappa shape index (κ1) is 11.2. The molecule has 0 bridgehead atoms. The van der Waals surface area contributed by atoms with E-state index >= 15 is 0 Å². The summed E-state index contributed by atoms with van der Waals surface area (Å²) in [4.78, 5) is 0. The molecule has 1 unspecified atom stereocenters. The number of aromatic amines is 1. The van der Waals surface area contributed by atoms with Crippen LogP contribution >= 0.6 is 0 Å². The van der Waals surface area contributed by atoms with Gasteiger partial charge in [-0.15, -0.1) is 0 Å². The van der Waals surface area contributed by atoms with Gasteiger partial charge >= 0.3 is 0 Å². The van der Waals surface area contributed by atoms with Crippen molar-refractivity contribution in [2.45, 2.75) is 18.9 Å². The lowest BCUT2D eigenvalue weighted by Gasteiger charge is -2.12. The Morgan fingerprint density at radius 2 is 2.11 bits per heavy atom. The van der Waals surface area contributed by atoms with Gasteiger partial charge in [0.25, 0.3) is 0 Å². The smallest absolute Gasteiger partial charge is 0.111 e. The number of rotatable bonds is 4. The average Bonchev–Trinajstić information content (AvgIpc) is 3.12. The van der Waals surface area contributed by atoms with Gasteiger partial charge in [0, 0.05) is 5.57 Å². The van der Waals surface area contributed by atoms with Crippen LogP contribution in [0.3, 0.4) is 0 Å². The van der Waals surface area contributed by atoms with Gasteiger partial charge in [-0.05, 0) is 30.4 Å². The number of aliphatic hydroxyl groups is 1. The van der Waals surface area contributed by atoms with Crippen molar-refractivity contribution in [2.75, 3.05) is 0 Å². The van der Waals surface area contributed by atoms with Crippen molar-refractivity contribution in [3.05, 3.63) is 47.8 Å². The van der Waals surface area contributed by atoms with Crippen LogP contribution in [0.25, 0.3) is 11.6 Å². The zero-order valence-electron chi connectivity index (χ0n) is 9.95. The summed E-state index contributed by atoms with van der Waals surface area (Å²) in [6.45, 7) is 0. The van der Waals surface area contributed by atoms with E-state index in [4.69, 9.17) is 0 Å². The minimum atomic E-state index is -0.449. The molecule has 1 aromatic heterocycles. The summed E-state index contributed by atoms with van der Waals surface area (Å²) in [5, 5.41) is 20.8. The Hall–Kier alpha value is -1.94. The molecule has 0 saturated heterocycles. The van der Waals surface area contributed by atoms with Gasteiger partial charge in [-0.25, -0.2) is 0 Å². The fraction of sp³-hybridized carbons (Fsp3) is 0.286. The summed E-state index contributed by atoms with van der Waals surface area (Å²) in [5.74, 6) is 0.372. The predicted octanol–water partition coefficient (Wildman–Crippen LogP) is 2.12. The fourth-order valence-corrected chi connectivity index (χ4v) is 2.05. The Morgan fingerprint density at radius 3 is 2.72 bits per heavy atom. The second kappa shape index (κ2) is 4.74. The lowest BCUT2D eigenvalue weighted by atomic mass is 10.00. The van der Waals surface area contributed by atoms with Gasteiger partial charge in [-0.2, -0.15) is 15.4 Å². The number of hydrogen-bond donors (Lipinski definition) is 2. The number of aliphatic hydroxyl groups excluding tert-OH is 1. The van der Waals surface area contributed by atoms with Crippen LogP contribution < -0.4 is 0 Å². The molecule has 1 aliphatic rings. The van der Waals surface area contributed by atoms with Gasteiger partial charge in [0.05, 0.1) is 12.3 Å². The summed E-state index contributed by atoms with van der Waals surface area (Å²) in [7, 11) is 0. The summed E-state index contributed by atoms with van der Waals surface area (Å²) in [6, 6.07) is 9.97. The minimum absolute atomic E-state index is 0.372. The number of benzene rings is 1. The van der Waals surface area contributed by atoms with Crippen molar-refractivity contribution in [3.8, 4) is 0 Å². The van der Waals surface area contributed by atoms with Gasteiger partial charge in [-0.1, -0.05) is 30.3 Å². The highest BCUT2D eigenvalue weighted by Crippen LogP contribution is 2.38. The van der Waals surface area contributed by atoms with Crippen LogP contribution in [0.2, 0.25) is 0 Å². The molecule has 18 heavy (non-hydrogen) atoms. The standard InChI is InChI=1S/C14H15N3O/c18-14(11-6-7-11)12(13-9-15-17-16-13)8-10-4-2-1-3-5-10/h1-5,8-9,11,14,18H,6-7H2,(H,15,16,17). The summed E-state index contributed by atoms with van der Waals surface area (Å²) in [6.07, 6.45) is 5.37. The van der Waals surface area contributed by atoms with E-state index < -0.39 is 6.10 Å². The Balaban J connectivity index is 1.97. The third-order valence-corrected chi connectivity index (χ3v) is 3.22. The molecule has 0 radical (unpaired) electrons. The van der Waals surface area contributed by atoms with Crippen molar-refractivity contribution < 1.29 is 5.11 Å². The lowest BCUT2D eigenvalue weighted by Crippen LogP contribution is -2.12. The van der Waals surface area contributed by atoms with Crippen molar-refractivity contribution in [2.24, 2.45) is 5.92 Å². The maximum absolute atomic E-state index is 10.3. The van der Waals surface area contributed by atoms with E-state index in [1.807, 2.05) is 36.4 Å². The first-order valence-electron chi connectivity index (χ1n) is 6.15. The quantitative estimate of drug-likeness (QED) is 0.861. The van der Waals surface area contributed by atoms with Crippen LogP contribution in [0.5, 0.6) is 0 Å². The molecule has 1 aromatic carbocycles. The highest BCUT2D eigenvalue weighted by molar-refractivity contribution is 5.82. The van der Waals surface area contributed by atoms with E-state index in [0.29, 0.717) is 5.92 Å². The van der Waals surface area contributed by atoms with Gasteiger partial charge in [0.1, 0.15) is 5.69 Å². The second-order valence-electron chi connectivity index (χ2n) is 4.65. The number of aromatic nitrogens is 3. The minimum Gasteiger partial charge on any atom is -0.388 e. The Morgan fingerprint density at radius 1 is 1.33 bits per heavy atom. The molecule has 1 fully saturated rings. The van der Waals surface area contributed by atoms with Crippen molar-refractivity contribution in [3.63, 3.8) is 0 Å². The number of H-pyrrole nitrogens is 1. The summed E-state index contributed by atoms with van der Waals surface area (Å²) >= 11 is 0. The Labute approximate surface area is 105 Å². The van der Waals surface area contributed by atoms with E-state index in [1.165, 1.54) is 0 Å². The second-order valence-corrected chi connectivity index (χ2v) is 4.65. The molecule has 0 spiro atoms. The molecular weight excluding hydrogens is 226 g/mol. The van der Waals surface area contributed by atoms with Gasteiger partial charge in [-0.3, -0.25) is 0 Å². The van der Waals surface area contributed by atoms with Gasteiger partial charge in [0.2, 0.25) is 0 Å². The van der Waals surface area contributed by atoms with Crippen molar-refractivity contribution in [1.82, 2.24) is 15.4 Å². The monoisotopic (exact) mass is 241 g/mol. The molecular formula is C14H15N3O. The largest absolute Gasteiger partial charge is 0.388 e. The molecule has 2 aromatic rings. The zero-order chi connectivity index (χ0) is 12.4. The third-order valence-electron chi connectivity index (χ3n) is 3.22. The van der Waals surface area contributed by atoms with E-state index in [0.717, 1.165) is 29.7 Å². The first-order valence-corrected chi connectivity index (χ1v) is 6.15. The van der Waals surface area contributed by atoms with Gasteiger partial charge < -0.3 is 5.11 Å². The third kappa shape index (κ3) is 2.33. The molecule has 1 saturated carbocycles. The molecule has 4 heteroatoms. The highest BCUT2D eigenvalue weighted by atomic mass is 16.3. The van der Waals surface area contributed by atoms with E-state index in [2.05, 4.69) is 15.4 Å². The normalized spacial score (nSPS) is 17.7. The molecule has 0 aliphatic heterocycles. The van der Waals surface area contributed by atoms with Crippen molar-refractivity contribution >= 4 is 11.6 Å². The van der Waals surface area contributed by atoms with Crippen molar-refractivity contribution in [1.29, 1.82) is 0 Å². The number of hydrogen-bond acceptors (Lipinski definition) is 3. The summed E-state index contributed by atoms with van der Waals surface area (Å²) in [5.41, 5.74) is 2.63. The lowest BCUT2D eigenvalue weighted by molar-refractivity contribution is 0.209. The van der Waals surface area contributed by atoms with Gasteiger partial charge in [0.15, 0.2) is 0 Å². The van der Waals surface area contributed by atoms with Crippen LogP contribution in [0, 0.1) is 5.92 Å². The SMILES string of the molecule is OC(C(=Cc1ccccc1)c1cn[nH]n1)C1CC1. The fourth-order valence-electron chi connectivity index (χ4n) is 2.05. The molecule has 92 valence electrons. The Kier molecular flexibility index (Phi) is 2.94. The molecule has 3 rings (SSSR count). The number of nitrogens with one attached hydrogen (secondary N) is 1. The summed E-state index contributed by atoms with van der Waals surface area (Å²) < 4.78 is 0. The topological polar surface area (TPSA) is 61.8 Å². The van der Waals surface area contributed by atoms with E-state index in [1.54, 1.807) is 6.20 Å². The van der Waals surface area contributed by atoms with Crippen LogP contribution in [0.1, 0.15) is 24.1 Å². The average molecular weight is 241 g/mol. The molecule has 1 heterocycles. The molecule has 1 aliphatic carbocycles. The highest BCUT2D eigenvalue weighted by Gasteiger charge is 2.33. The predicted molar refractivity (Wildman–Crippen MR) is 69.4 cm³/mol. The molecule has 2 N–H and O–H groups in total. The molecule has 1 atom stereocenters. The zero-order valence-corrected chi connectivity index (χ0v) is 9.95. The Bertz CT molecular complexity index is 529. The van der Waals surface area contributed by atoms with E-state index in [-0.39, 0.29) is 0 Å². The van der Waals surface area contributed by atoms with Crippen LogP contribution in [-0.2, 0) is 0 Å². The van der Waals surface area contributed by atoms with E-state index in [9.17, 15) is 5.11 Å². The maximum Gasteiger partial charge on any atom is 0.111 e. The van der Waals surface area contributed by atoms with Crippen LogP contribution in [0.15, 0.2) is 36.5 Å². The van der Waals surface area contributed by atoms with Crippen LogP contribution in [-0.4, -0.2) is 26.6 Å². The maximum atomic E-state index is 10.3. The van der Waals surface area contributed by atoms with Crippen LogP contribution in [0.4, 0.5) is 0 Å². The molecule has 4 nitrogen and oxygen atoms in total. The number of nitrogens with zero attached hydrogens (tertiary/aromatic N) is 2.